The molecule has 0 aliphatic heterocycles. The van der Waals surface area contributed by atoms with Crippen molar-refractivity contribution >= 4 is 34.8 Å². The molecule has 1 aromatic rings. The molecule has 2 aliphatic carbocycles. The number of hydrogen-bond acceptors (Lipinski definition) is 4. The van der Waals surface area contributed by atoms with Crippen molar-refractivity contribution in [1.29, 1.82) is 0 Å². The van der Waals surface area contributed by atoms with Crippen molar-refractivity contribution in [2.24, 2.45) is 11.7 Å². The topological polar surface area (TPSA) is 68.0 Å². The summed E-state index contributed by atoms with van der Waals surface area (Å²) in [7, 11) is 0. The Balaban J connectivity index is 0.00000176. The molecule has 1 amide bonds. The fraction of sp³-hybridized carbons (Fsp3) is 0.750. The molecular formula is C16H26ClN3OS. The highest BCUT2D eigenvalue weighted by Crippen LogP contribution is 2.34. The molecule has 1 heterocycles. The van der Waals surface area contributed by atoms with Crippen molar-refractivity contribution in [3.63, 3.8) is 0 Å². The first-order chi connectivity index (χ1) is 10.1. The number of fused-ring (bicyclic) bond motifs is 1. The van der Waals surface area contributed by atoms with Gasteiger partial charge in [0.1, 0.15) is 0 Å². The van der Waals surface area contributed by atoms with Crippen LogP contribution >= 0.6 is 23.7 Å². The van der Waals surface area contributed by atoms with E-state index in [-0.39, 0.29) is 29.8 Å². The molecular weight excluding hydrogens is 318 g/mol. The molecule has 0 saturated heterocycles. The molecule has 2 atom stereocenters. The van der Waals surface area contributed by atoms with Crippen molar-refractivity contribution in [2.45, 2.75) is 70.3 Å². The van der Waals surface area contributed by atoms with Crippen LogP contribution in [0.2, 0.25) is 0 Å². The number of nitrogens with zero attached hydrogens (tertiary/aromatic N) is 1. The average Bonchev–Trinajstić information content (AvgIpc) is 2.67. The number of nitrogens with two attached hydrogens (primary N) is 1. The number of aryl methyl sites for hydroxylation is 2. The summed E-state index contributed by atoms with van der Waals surface area (Å²) in [6.07, 6.45) is 9.96. The minimum atomic E-state index is -0.378. The first-order valence-electron chi connectivity index (χ1n) is 8.14. The van der Waals surface area contributed by atoms with E-state index in [2.05, 4.69) is 10.3 Å². The minimum Gasteiger partial charge on any atom is -0.325 e. The van der Waals surface area contributed by atoms with Gasteiger partial charge in [-0.2, -0.15) is 0 Å². The van der Waals surface area contributed by atoms with Gasteiger partial charge < -0.3 is 11.1 Å². The number of thiazole rings is 1. The van der Waals surface area contributed by atoms with Gasteiger partial charge in [0.25, 0.3) is 0 Å². The summed E-state index contributed by atoms with van der Waals surface area (Å²) in [5.74, 6) is -0.0291. The summed E-state index contributed by atoms with van der Waals surface area (Å²) >= 11 is 1.66. The van der Waals surface area contributed by atoms with Crippen LogP contribution < -0.4 is 11.1 Å². The molecule has 2 unspecified atom stereocenters. The highest BCUT2D eigenvalue weighted by atomic mass is 35.5. The molecule has 3 rings (SSSR count). The molecule has 1 saturated carbocycles. The maximum absolute atomic E-state index is 12.5. The first-order valence-corrected chi connectivity index (χ1v) is 8.96. The number of carbonyl (C=O) groups is 1. The number of nitrogens with one attached hydrogen (secondary N) is 1. The highest BCUT2D eigenvalue weighted by Gasteiger charge is 2.38. The van der Waals surface area contributed by atoms with E-state index >= 15 is 0 Å². The molecule has 6 heteroatoms. The van der Waals surface area contributed by atoms with E-state index in [1.54, 1.807) is 11.3 Å². The summed E-state index contributed by atoms with van der Waals surface area (Å²) in [5, 5.41) is 3.80. The van der Waals surface area contributed by atoms with Crippen molar-refractivity contribution in [2.75, 3.05) is 5.32 Å². The predicted octanol–water partition coefficient (Wildman–Crippen LogP) is 3.68. The fourth-order valence-corrected chi connectivity index (χ4v) is 4.62. The number of amides is 1. The predicted molar refractivity (Wildman–Crippen MR) is 93.8 cm³/mol. The maximum atomic E-state index is 12.5. The van der Waals surface area contributed by atoms with E-state index in [0.29, 0.717) is 0 Å². The van der Waals surface area contributed by atoms with Gasteiger partial charge in [0.05, 0.1) is 11.6 Å². The molecule has 124 valence electrons. The van der Waals surface area contributed by atoms with Gasteiger partial charge in [0, 0.05) is 10.4 Å². The van der Waals surface area contributed by atoms with E-state index in [1.807, 2.05) is 6.92 Å². The van der Waals surface area contributed by atoms with Crippen LogP contribution in [0.3, 0.4) is 0 Å². The Kier molecular flexibility index (Phi) is 5.86. The van der Waals surface area contributed by atoms with Gasteiger partial charge in [-0.25, -0.2) is 4.98 Å². The lowest BCUT2D eigenvalue weighted by molar-refractivity contribution is -0.122. The van der Waals surface area contributed by atoms with Gasteiger partial charge >= 0.3 is 0 Å². The van der Waals surface area contributed by atoms with Gasteiger partial charge in [-0.1, -0.05) is 19.3 Å². The van der Waals surface area contributed by atoms with Crippen molar-refractivity contribution in [3.8, 4) is 0 Å². The third-order valence-corrected chi connectivity index (χ3v) is 5.97. The normalized spacial score (nSPS) is 28.2. The Morgan fingerprint density at radius 1 is 1.27 bits per heavy atom. The fourth-order valence-electron chi connectivity index (χ4n) is 3.56. The van der Waals surface area contributed by atoms with Crippen LogP contribution in [0.25, 0.3) is 0 Å². The Hall–Kier alpha value is -0.650. The molecule has 3 N–H and O–H groups in total. The van der Waals surface area contributed by atoms with Crippen molar-refractivity contribution < 1.29 is 4.79 Å². The van der Waals surface area contributed by atoms with Gasteiger partial charge in [-0.15, -0.1) is 23.7 Å². The average molecular weight is 344 g/mol. The van der Waals surface area contributed by atoms with Crippen LogP contribution in [-0.4, -0.2) is 16.4 Å². The van der Waals surface area contributed by atoms with Gasteiger partial charge in [0.15, 0.2) is 5.13 Å². The molecule has 0 radical (unpaired) electrons. The zero-order valence-corrected chi connectivity index (χ0v) is 14.8. The molecule has 4 nitrogen and oxygen atoms in total. The zero-order valence-electron chi connectivity index (χ0n) is 13.2. The summed E-state index contributed by atoms with van der Waals surface area (Å²) in [4.78, 5) is 18.5. The van der Waals surface area contributed by atoms with E-state index in [0.717, 1.165) is 43.7 Å². The van der Waals surface area contributed by atoms with Crippen molar-refractivity contribution in [1.82, 2.24) is 4.98 Å². The zero-order chi connectivity index (χ0) is 14.9. The summed E-state index contributed by atoms with van der Waals surface area (Å²) in [6.45, 7) is 2.01. The summed E-state index contributed by atoms with van der Waals surface area (Å²) in [5.41, 5.74) is 7.14. The Bertz CT molecular complexity index is 506. The van der Waals surface area contributed by atoms with Gasteiger partial charge in [-0.3, -0.25) is 4.79 Å². The third kappa shape index (κ3) is 3.81. The van der Waals surface area contributed by atoms with Crippen LogP contribution in [0.1, 0.15) is 62.4 Å². The standard InChI is InChI=1S/C16H25N3OS.ClH/c1-16(17)10-6-5-7-11(16)14(20)19-15-18-12-8-3-2-4-9-13(12)21-15;/h11H,2-10,17H2,1H3,(H,18,19,20);1H. The maximum Gasteiger partial charge on any atom is 0.231 e. The monoisotopic (exact) mass is 343 g/mol. The van der Waals surface area contributed by atoms with Crippen LogP contribution in [0, 0.1) is 5.92 Å². The van der Waals surface area contributed by atoms with Gasteiger partial charge in [-0.05, 0) is 45.4 Å². The highest BCUT2D eigenvalue weighted by molar-refractivity contribution is 7.15. The molecule has 2 aliphatic rings. The SMILES string of the molecule is CC1(N)CCCCC1C(=O)Nc1nc2c(s1)CCCCC2.Cl. The number of rotatable bonds is 2. The lowest BCUT2D eigenvalue weighted by Crippen LogP contribution is -2.51. The number of hydrogen-bond donors (Lipinski definition) is 2. The Morgan fingerprint density at radius 2 is 2.05 bits per heavy atom. The van der Waals surface area contributed by atoms with E-state index in [9.17, 15) is 4.79 Å². The lowest BCUT2D eigenvalue weighted by atomic mass is 9.74. The molecule has 0 aromatic carbocycles. The summed E-state index contributed by atoms with van der Waals surface area (Å²) < 4.78 is 0. The van der Waals surface area contributed by atoms with E-state index in [4.69, 9.17) is 5.73 Å². The molecule has 22 heavy (non-hydrogen) atoms. The number of aromatic nitrogens is 1. The second-order valence-corrected chi connectivity index (χ2v) is 7.83. The number of anilines is 1. The Morgan fingerprint density at radius 3 is 2.82 bits per heavy atom. The first kappa shape index (κ1) is 17.7. The third-order valence-electron chi connectivity index (χ3n) is 4.90. The quantitative estimate of drug-likeness (QED) is 0.805. The molecule has 0 spiro atoms. The van der Waals surface area contributed by atoms with Crippen molar-refractivity contribution in [3.05, 3.63) is 10.6 Å². The molecule has 1 aromatic heterocycles. The lowest BCUT2D eigenvalue weighted by Gasteiger charge is -2.36. The molecule has 0 bridgehead atoms. The second kappa shape index (κ2) is 7.28. The van der Waals surface area contributed by atoms with Crippen LogP contribution in [0.4, 0.5) is 5.13 Å². The smallest absolute Gasteiger partial charge is 0.231 e. The van der Waals surface area contributed by atoms with E-state index in [1.165, 1.54) is 29.8 Å². The largest absolute Gasteiger partial charge is 0.325 e. The number of carbonyl (C=O) groups excluding carboxylic acids is 1. The second-order valence-electron chi connectivity index (χ2n) is 6.74. The van der Waals surface area contributed by atoms with Gasteiger partial charge in [0.2, 0.25) is 5.91 Å². The van der Waals surface area contributed by atoms with Crippen LogP contribution in [0.15, 0.2) is 0 Å². The number of halogens is 1. The van der Waals surface area contributed by atoms with E-state index < -0.39 is 0 Å². The summed E-state index contributed by atoms with van der Waals surface area (Å²) in [6, 6.07) is 0. The van der Waals surface area contributed by atoms with Crippen LogP contribution in [-0.2, 0) is 17.6 Å². The van der Waals surface area contributed by atoms with Crippen LogP contribution in [0.5, 0.6) is 0 Å². The Labute approximate surface area is 142 Å². The minimum absolute atomic E-state index is 0. The molecule has 1 fully saturated rings.